The summed E-state index contributed by atoms with van der Waals surface area (Å²) >= 11 is 0. The summed E-state index contributed by atoms with van der Waals surface area (Å²) in [6, 6.07) is 28.9. The lowest BCUT2D eigenvalue weighted by molar-refractivity contribution is -0.140. The molecule has 0 amide bonds. The summed E-state index contributed by atoms with van der Waals surface area (Å²) in [6.07, 6.45) is 11.7. The first-order valence-corrected chi connectivity index (χ1v) is 23.5. The summed E-state index contributed by atoms with van der Waals surface area (Å²) in [5.41, 5.74) is 9.37. The van der Waals surface area contributed by atoms with Crippen molar-refractivity contribution in [2.75, 3.05) is 13.7 Å². The van der Waals surface area contributed by atoms with Crippen LogP contribution in [0.15, 0.2) is 81.8 Å². The third-order valence-corrected chi connectivity index (χ3v) is 12.5. The van der Waals surface area contributed by atoms with Crippen molar-refractivity contribution < 1.29 is 28.1 Å². The summed E-state index contributed by atoms with van der Waals surface area (Å²) in [7, 11) is 1.41. The molecular weight excluding hydrogens is 845 g/mol. The van der Waals surface area contributed by atoms with Crippen LogP contribution in [0.1, 0.15) is 131 Å². The quantitative estimate of drug-likeness (QED) is 0.0730. The zero-order valence-electron chi connectivity index (χ0n) is 38.9. The second-order valence-corrected chi connectivity index (χ2v) is 17.9. The number of carbonyl (C=O) groups is 1. The van der Waals surface area contributed by atoms with Gasteiger partial charge >= 0.3 is 5.97 Å². The predicted octanol–water partition coefficient (Wildman–Crippen LogP) is 10.6. The van der Waals surface area contributed by atoms with Gasteiger partial charge in [-0.2, -0.15) is 20.5 Å². The number of hydrogen-bond acceptors (Lipinski definition) is 14. The van der Waals surface area contributed by atoms with Crippen molar-refractivity contribution in [2.45, 2.75) is 129 Å². The van der Waals surface area contributed by atoms with Gasteiger partial charge in [0, 0.05) is 46.8 Å². The fourth-order valence-corrected chi connectivity index (χ4v) is 9.39. The SMILES string of the molecule is CC(C)Oc1ccc(-c2nc(-c3cccc4c3CCC4NC3CCCCC3)no2)cc1C#N.COC(=O)CCCN[C@H]1CCc2c(-c3noc(-c4ccc(OC(C)C)c(C#N)c4)n3)cccc21. The molecule has 2 aromatic heterocycles. The maximum atomic E-state index is 11.3. The van der Waals surface area contributed by atoms with Crippen molar-refractivity contribution in [3.05, 3.63) is 106 Å². The Morgan fingerprint density at radius 1 is 0.716 bits per heavy atom. The van der Waals surface area contributed by atoms with Crippen LogP contribution in [0.3, 0.4) is 0 Å². The van der Waals surface area contributed by atoms with E-state index in [-0.39, 0.29) is 24.2 Å². The number of rotatable bonds is 15. The predicted molar refractivity (Wildman–Crippen MR) is 253 cm³/mol. The number of methoxy groups -OCH3 is 1. The van der Waals surface area contributed by atoms with Gasteiger partial charge in [-0.25, -0.2) is 0 Å². The average molecular weight is 903 g/mol. The van der Waals surface area contributed by atoms with E-state index in [0.717, 1.165) is 49.8 Å². The lowest BCUT2D eigenvalue weighted by atomic mass is 9.94. The summed E-state index contributed by atoms with van der Waals surface area (Å²) in [4.78, 5) is 20.6. The van der Waals surface area contributed by atoms with Crippen LogP contribution in [0.4, 0.5) is 0 Å². The number of hydrogen-bond donors (Lipinski definition) is 2. The smallest absolute Gasteiger partial charge is 0.305 e. The first-order chi connectivity index (χ1) is 32.6. The monoisotopic (exact) mass is 902 g/mol. The third kappa shape index (κ3) is 11.1. The Morgan fingerprint density at radius 3 is 1.75 bits per heavy atom. The number of fused-ring (bicyclic) bond motifs is 2. The molecule has 0 radical (unpaired) electrons. The number of nitrogens with one attached hydrogen (secondary N) is 2. The normalized spacial score (nSPS) is 16.4. The molecule has 4 aromatic carbocycles. The van der Waals surface area contributed by atoms with E-state index in [0.29, 0.717) is 75.7 Å². The van der Waals surface area contributed by atoms with Gasteiger partial charge in [-0.3, -0.25) is 4.79 Å². The minimum atomic E-state index is -0.187. The Labute approximate surface area is 392 Å². The maximum Gasteiger partial charge on any atom is 0.305 e. The molecule has 1 fully saturated rings. The van der Waals surface area contributed by atoms with E-state index in [2.05, 4.69) is 67.3 Å². The molecule has 0 saturated heterocycles. The Kier molecular flexibility index (Phi) is 15.1. The molecule has 3 aliphatic carbocycles. The van der Waals surface area contributed by atoms with Crippen LogP contribution in [0, 0.1) is 22.7 Å². The Balaban J connectivity index is 0.000000182. The number of aromatic nitrogens is 4. The first kappa shape index (κ1) is 46.7. The highest BCUT2D eigenvalue weighted by atomic mass is 16.5. The number of carbonyl (C=O) groups excluding carboxylic acids is 1. The van der Waals surface area contributed by atoms with E-state index in [1.54, 1.807) is 24.3 Å². The second-order valence-electron chi connectivity index (χ2n) is 17.9. The van der Waals surface area contributed by atoms with Crippen LogP contribution in [0.25, 0.3) is 45.7 Å². The molecular formula is C53H58N8O6. The molecule has 346 valence electrons. The van der Waals surface area contributed by atoms with Crippen LogP contribution in [-0.2, 0) is 22.4 Å². The summed E-state index contributed by atoms with van der Waals surface area (Å²) in [5.74, 6) is 2.80. The number of nitrogens with zero attached hydrogens (tertiary/aromatic N) is 6. The van der Waals surface area contributed by atoms with Gasteiger partial charge in [0.25, 0.3) is 11.8 Å². The number of benzene rings is 4. The van der Waals surface area contributed by atoms with Crippen LogP contribution >= 0.6 is 0 Å². The largest absolute Gasteiger partial charge is 0.490 e. The van der Waals surface area contributed by atoms with Gasteiger partial charge in [0.2, 0.25) is 11.6 Å². The highest BCUT2D eigenvalue weighted by Gasteiger charge is 2.30. The summed E-state index contributed by atoms with van der Waals surface area (Å²) < 4.78 is 27.3. The van der Waals surface area contributed by atoms with E-state index in [1.165, 1.54) is 61.5 Å². The minimum Gasteiger partial charge on any atom is -0.490 e. The summed E-state index contributed by atoms with van der Waals surface area (Å²) in [5, 5.41) is 35.0. The lowest BCUT2D eigenvalue weighted by Gasteiger charge is -2.27. The second kappa shape index (κ2) is 21.6. The topological polar surface area (TPSA) is 194 Å². The molecule has 0 bridgehead atoms. The maximum absolute atomic E-state index is 11.3. The van der Waals surface area contributed by atoms with Crippen LogP contribution < -0.4 is 20.1 Å². The van der Waals surface area contributed by atoms with Gasteiger partial charge in [0.1, 0.15) is 23.6 Å². The van der Waals surface area contributed by atoms with Crippen molar-refractivity contribution in [2.24, 2.45) is 0 Å². The standard InChI is InChI=1S/C27H30N4O2.C26H28N4O4/c1-17(2)32-25-14-11-18(15-19(25)16-28)27-30-26(31-33-27)23-10-6-9-22-21(23)12-13-24(22)29-20-7-4-3-5-8-20;1-16(2)33-23-12-9-17(14-18(23)15-27)26-29-25(30-34-26)21-7-4-6-20-19(21)10-11-22(20)28-13-5-8-24(31)32-3/h6,9-11,14-15,17,20,24,29H,3-5,7-8,12-13H2,1-2H3;4,6-7,9,12,14,16,22,28H,5,8,10-11,13H2,1-3H3/t;22-/m.0/s1. The van der Waals surface area contributed by atoms with E-state index in [4.69, 9.17) is 23.3 Å². The summed E-state index contributed by atoms with van der Waals surface area (Å²) in [6.45, 7) is 8.45. The molecule has 1 saturated carbocycles. The van der Waals surface area contributed by atoms with Gasteiger partial charge in [-0.05, 0) is 138 Å². The number of nitriles is 2. The molecule has 2 N–H and O–H groups in total. The average Bonchev–Trinajstić information content (AvgIpc) is 4.19. The van der Waals surface area contributed by atoms with Crippen LogP contribution in [0.5, 0.6) is 11.5 Å². The number of esters is 1. The van der Waals surface area contributed by atoms with Crippen molar-refractivity contribution in [3.8, 4) is 69.3 Å². The Morgan fingerprint density at radius 2 is 1.24 bits per heavy atom. The molecule has 2 atom stereocenters. The van der Waals surface area contributed by atoms with Crippen molar-refractivity contribution in [1.82, 2.24) is 30.9 Å². The van der Waals surface area contributed by atoms with E-state index in [9.17, 15) is 15.3 Å². The molecule has 2 heterocycles. The zero-order chi connectivity index (χ0) is 46.9. The molecule has 6 aromatic rings. The zero-order valence-corrected chi connectivity index (χ0v) is 38.9. The third-order valence-electron chi connectivity index (χ3n) is 12.5. The van der Waals surface area contributed by atoms with Gasteiger partial charge in [0.15, 0.2) is 0 Å². The molecule has 0 aliphatic heterocycles. The Bertz CT molecular complexity index is 2760. The van der Waals surface area contributed by atoms with Crippen molar-refractivity contribution in [1.29, 1.82) is 10.5 Å². The van der Waals surface area contributed by atoms with Crippen molar-refractivity contribution >= 4 is 5.97 Å². The van der Waals surface area contributed by atoms with Gasteiger partial charge in [-0.1, -0.05) is 66.0 Å². The van der Waals surface area contributed by atoms with Gasteiger partial charge < -0.3 is 33.9 Å². The molecule has 3 aliphatic rings. The van der Waals surface area contributed by atoms with Crippen molar-refractivity contribution in [3.63, 3.8) is 0 Å². The Hall–Kier alpha value is -6.87. The lowest BCUT2D eigenvalue weighted by Crippen LogP contribution is -2.33. The molecule has 14 heteroatoms. The first-order valence-electron chi connectivity index (χ1n) is 23.5. The van der Waals surface area contributed by atoms with Crippen LogP contribution in [0.2, 0.25) is 0 Å². The minimum absolute atomic E-state index is 0.00504. The van der Waals surface area contributed by atoms with E-state index >= 15 is 0 Å². The highest BCUT2D eigenvalue weighted by Crippen LogP contribution is 2.40. The fraction of sp³-hybridized carbons (Fsp3) is 0.415. The van der Waals surface area contributed by atoms with Crippen LogP contribution in [-0.4, -0.2) is 58.2 Å². The number of ether oxygens (including phenoxy) is 3. The molecule has 9 rings (SSSR count). The molecule has 14 nitrogen and oxygen atoms in total. The van der Waals surface area contributed by atoms with Gasteiger partial charge in [0.05, 0.1) is 30.4 Å². The highest BCUT2D eigenvalue weighted by molar-refractivity contribution is 5.70. The van der Waals surface area contributed by atoms with Gasteiger partial charge in [-0.15, -0.1) is 0 Å². The van der Waals surface area contributed by atoms with E-state index in [1.807, 2.05) is 52.0 Å². The molecule has 0 spiro atoms. The molecule has 1 unspecified atom stereocenters. The van der Waals surface area contributed by atoms with E-state index < -0.39 is 0 Å². The fourth-order valence-electron chi connectivity index (χ4n) is 9.39. The molecule has 67 heavy (non-hydrogen) atoms.